The number of pyridine rings is 1. The van der Waals surface area contributed by atoms with E-state index in [4.69, 9.17) is 4.74 Å². The first-order valence-corrected chi connectivity index (χ1v) is 10.3. The highest BCUT2D eigenvalue weighted by Gasteiger charge is 2.44. The Bertz CT molecular complexity index is 1090. The molecule has 0 saturated heterocycles. The molecule has 0 radical (unpaired) electrons. The van der Waals surface area contributed by atoms with Gasteiger partial charge in [0.2, 0.25) is 21.9 Å². The lowest BCUT2D eigenvalue weighted by atomic mass is 10.1. The number of nitrogens with zero attached hydrogens (tertiary/aromatic N) is 3. The van der Waals surface area contributed by atoms with E-state index in [1.54, 1.807) is 25.1 Å². The monoisotopic (exact) mass is 426 g/mol. The average Bonchev–Trinajstić information content (AvgIpc) is 2.65. The fraction of sp³-hybridized carbons (Fsp3) is 0.278. The topological polar surface area (TPSA) is 94.1 Å². The molecule has 7 nitrogen and oxygen atoms in total. The van der Waals surface area contributed by atoms with Crippen LogP contribution >= 0.6 is 0 Å². The zero-order valence-corrected chi connectivity index (χ0v) is 16.0. The lowest BCUT2D eigenvalue weighted by Gasteiger charge is -2.22. The van der Waals surface area contributed by atoms with Crippen LogP contribution in [0.2, 0.25) is 0 Å². The van der Waals surface area contributed by atoms with Crippen molar-refractivity contribution in [3.05, 3.63) is 54.4 Å². The van der Waals surface area contributed by atoms with Gasteiger partial charge in [-0.15, -0.1) is 0 Å². The van der Waals surface area contributed by atoms with E-state index in [0.717, 1.165) is 6.20 Å². The zero-order chi connectivity index (χ0) is 21.1. The van der Waals surface area contributed by atoms with Crippen LogP contribution in [0.25, 0.3) is 11.0 Å². The van der Waals surface area contributed by atoms with Crippen LogP contribution in [0.5, 0.6) is 5.88 Å². The van der Waals surface area contributed by atoms with Gasteiger partial charge in [0, 0.05) is 18.0 Å². The van der Waals surface area contributed by atoms with Gasteiger partial charge in [-0.25, -0.2) is 18.4 Å². The summed E-state index contributed by atoms with van der Waals surface area (Å²) >= 11 is 0. The van der Waals surface area contributed by atoms with Crippen LogP contribution in [0, 0.1) is 0 Å². The van der Waals surface area contributed by atoms with Crippen LogP contribution in [0.4, 0.5) is 19.0 Å². The molecule has 0 unspecified atom stereocenters. The minimum absolute atomic E-state index is 0.230. The van der Waals surface area contributed by atoms with Crippen LogP contribution in [0.15, 0.2) is 48.8 Å². The second-order valence-corrected chi connectivity index (χ2v) is 7.95. The Morgan fingerprint density at radius 3 is 2.38 bits per heavy atom. The van der Waals surface area contributed by atoms with E-state index in [1.165, 1.54) is 24.4 Å². The van der Waals surface area contributed by atoms with Gasteiger partial charge in [0.25, 0.3) is 5.88 Å². The molecule has 0 saturated carbocycles. The minimum atomic E-state index is -4.80. The lowest BCUT2D eigenvalue weighted by Crippen LogP contribution is -2.27. The number of para-hydroxylation sites is 2. The van der Waals surface area contributed by atoms with Gasteiger partial charge in [-0.05, 0) is 24.6 Å². The smallest absolute Gasteiger partial charge is 0.429 e. The highest BCUT2D eigenvalue weighted by molar-refractivity contribution is 7.92. The molecule has 3 aromatic rings. The SMILES string of the molecule is CCCS(=O)(=O)Nc1nc2ccccc2nc1O[C@@H](c1cccnc1)C(F)(F)F. The van der Waals surface area contributed by atoms with Crippen LogP contribution in [0.1, 0.15) is 25.0 Å². The van der Waals surface area contributed by atoms with Crippen molar-refractivity contribution in [3.63, 3.8) is 0 Å². The molecular formula is C18H17F3N4O3S. The number of fused-ring (bicyclic) bond motifs is 1. The van der Waals surface area contributed by atoms with Gasteiger partial charge in [0.1, 0.15) is 0 Å². The number of aromatic nitrogens is 3. The van der Waals surface area contributed by atoms with Crippen molar-refractivity contribution in [2.75, 3.05) is 10.5 Å². The maximum absolute atomic E-state index is 13.7. The summed E-state index contributed by atoms with van der Waals surface area (Å²) in [7, 11) is -3.84. The Morgan fingerprint density at radius 2 is 1.79 bits per heavy atom. The third kappa shape index (κ3) is 5.11. The number of halogens is 3. The molecule has 29 heavy (non-hydrogen) atoms. The van der Waals surface area contributed by atoms with Gasteiger partial charge >= 0.3 is 6.18 Å². The Morgan fingerprint density at radius 1 is 1.10 bits per heavy atom. The maximum atomic E-state index is 13.7. The number of hydrogen-bond donors (Lipinski definition) is 1. The Balaban J connectivity index is 2.09. The molecule has 154 valence electrons. The summed E-state index contributed by atoms with van der Waals surface area (Å²) in [6, 6.07) is 8.92. The third-order valence-electron chi connectivity index (χ3n) is 3.78. The Kier molecular flexibility index (Phi) is 5.87. The van der Waals surface area contributed by atoms with Crippen molar-refractivity contribution in [3.8, 4) is 5.88 Å². The number of benzene rings is 1. The van der Waals surface area contributed by atoms with Crippen molar-refractivity contribution in [1.29, 1.82) is 0 Å². The normalized spacial score (nSPS) is 13.2. The Hall–Kier alpha value is -2.95. The molecule has 1 atom stereocenters. The van der Waals surface area contributed by atoms with Gasteiger partial charge in [-0.2, -0.15) is 13.2 Å². The van der Waals surface area contributed by atoms with E-state index in [-0.39, 0.29) is 16.8 Å². The highest BCUT2D eigenvalue weighted by Crippen LogP contribution is 2.38. The molecule has 0 fully saturated rings. The van der Waals surface area contributed by atoms with E-state index in [1.807, 2.05) is 0 Å². The number of sulfonamides is 1. The second-order valence-electron chi connectivity index (χ2n) is 6.11. The van der Waals surface area contributed by atoms with Crippen LogP contribution < -0.4 is 9.46 Å². The lowest BCUT2D eigenvalue weighted by molar-refractivity contribution is -0.198. The first-order chi connectivity index (χ1) is 13.7. The predicted molar refractivity (Wildman–Crippen MR) is 101 cm³/mol. The molecule has 3 rings (SSSR count). The summed E-state index contributed by atoms with van der Waals surface area (Å²) in [6.07, 6.45) is -4.53. The highest BCUT2D eigenvalue weighted by atomic mass is 32.2. The van der Waals surface area contributed by atoms with Crippen LogP contribution in [-0.2, 0) is 10.0 Å². The number of alkyl halides is 3. The zero-order valence-electron chi connectivity index (χ0n) is 15.2. The number of ether oxygens (including phenoxy) is 1. The molecule has 2 aromatic heterocycles. The van der Waals surface area contributed by atoms with Gasteiger partial charge in [0.05, 0.1) is 16.8 Å². The molecule has 0 aliphatic rings. The summed E-state index contributed by atoms with van der Waals surface area (Å²) < 4.78 is 72.7. The first kappa shape index (κ1) is 20.8. The largest absolute Gasteiger partial charge is 0.457 e. The standard InChI is InChI=1S/C18H17F3N4O3S/c1-2-10-29(26,27)25-16-17(24-14-8-4-3-7-13(14)23-16)28-15(18(19,20)21)12-6-5-9-22-11-12/h3-9,11,15H,2,10H2,1H3,(H,23,25)/t15-/m0/s1. The molecule has 1 aromatic carbocycles. The van der Waals surface area contributed by atoms with Crippen molar-refractivity contribution in [2.45, 2.75) is 25.6 Å². The van der Waals surface area contributed by atoms with Crippen molar-refractivity contribution >= 4 is 26.9 Å². The second kappa shape index (κ2) is 8.19. The first-order valence-electron chi connectivity index (χ1n) is 8.60. The average molecular weight is 426 g/mol. The van der Waals surface area contributed by atoms with E-state index in [9.17, 15) is 21.6 Å². The molecule has 0 amide bonds. The fourth-order valence-corrected chi connectivity index (χ4v) is 3.63. The molecule has 0 spiro atoms. The summed E-state index contributed by atoms with van der Waals surface area (Å²) in [4.78, 5) is 11.9. The fourth-order valence-electron chi connectivity index (χ4n) is 2.57. The molecule has 0 aliphatic heterocycles. The summed E-state index contributed by atoms with van der Waals surface area (Å²) in [6.45, 7) is 1.66. The molecule has 0 aliphatic carbocycles. The molecular weight excluding hydrogens is 409 g/mol. The number of nitrogens with one attached hydrogen (secondary N) is 1. The van der Waals surface area contributed by atoms with Crippen molar-refractivity contribution in [1.82, 2.24) is 15.0 Å². The number of rotatable bonds is 7. The third-order valence-corrected chi connectivity index (χ3v) is 5.23. The van der Waals surface area contributed by atoms with Gasteiger partial charge in [-0.3, -0.25) is 9.71 Å². The molecule has 0 bridgehead atoms. The molecule has 1 N–H and O–H groups in total. The van der Waals surface area contributed by atoms with E-state index in [0.29, 0.717) is 11.9 Å². The summed E-state index contributed by atoms with van der Waals surface area (Å²) in [5.74, 6) is -1.21. The quantitative estimate of drug-likeness (QED) is 0.617. The van der Waals surface area contributed by atoms with Gasteiger partial charge in [-0.1, -0.05) is 25.1 Å². The minimum Gasteiger partial charge on any atom is -0.457 e. The Labute approximate surface area is 165 Å². The van der Waals surface area contributed by atoms with E-state index < -0.39 is 34.0 Å². The summed E-state index contributed by atoms with van der Waals surface area (Å²) in [5.41, 5.74) is 0.310. The van der Waals surface area contributed by atoms with Crippen LogP contribution in [0.3, 0.4) is 0 Å². The van der Waals surface area contributed by atoms with Crippen LogP contribution in [-0.4, -0.2) is 35.3 Å². The molecule has 2 heterocycles. The van der Waals surface area contributed by atoms with E-state index >= 15 is 0 Å². The predicted octanol–water partition coefficient (Wildman–Crippen LogP) is 3.86. The van der Waals surface area contributed by atoms with Gasteiger partial charge in [0.15, 0.2) is 0 Å². The molecule has 11 heteroatoms. The van der Waals surface area contributed by atoms with Crippen molar-refractivity contribution in [2.24, 2.45) is 0 Å². The summed E-state index contributed by atoms with van der Waals surface area (Å²) in [5, 5.41) is 0. The van der Waals surface area contributed by atoms with Crippen molar-refractivity contribution < 1.29 is 26.3 Å². The number of anilines is 1. The maximum Gasteiger partial charge on any atom is 0.429 e. The van der Waals surface area contributed by atoms with E-state index in [2.05, 4.69) is 19.7 Å². The number of hydrogen-bond acceptors (Lipinski definition) is 6. The van der Waals surface area contributed by atoms with Gasteiger partial charge < -0.3 is 4.74 Å².